The predicted octanol–water partition coefficient (Wildman–Crippen LogP) is -0.107. The summed E-state index contributed by atoms with van der Waals surface area (Å²) in [4.78, 5) is 34.1. The highest BCUT2D eigenvalue weighted by atomic mass is 16.2. The first-order chi connectivity index (χ1) is 7.74. The Morgan fingerprint density at radius 3 is 3.00 bits per heavy atom. The predicted molar refractivity (Wildman–Crippen MR) is 58.3 cm³/mol. The zero-order chi connectivity index (χ0) is 11.8. The van der Waals surface area contributed by atoms with Gasteiger partial charge in [0.25, 0.3) is 5.91 Å². The number of hydrogen-bond donors (Lipinski definition) is 1. The molecule has 88 valence electrons. The van der Waals surface area contributed by atoms with Gasteiger partial charge >= 0.3 is 0 Å². The number of rotatable bonds is 4. The summed E-state index contributed by atoms with van der Waals surface area (Å²) in [5.74, 6) is 1.10. The van der Waals surface area contributed by atoms with Crippen LogP contribution in [0.4, 0.5) is 0 Å². The first-order valence-corrected chi connectivity index (χ1v) is 5.50. The van der Waals surface area contributed by atoms with Gasteiger partial charge in [-0.1, -0.05) is 6.42 Å². The summed E-state index contributed by atoms with van der Waals surface area (Å²) in [6.07, 6.45) is 4.47. The first kappa shape index (κ1) is 12.5. The zero-order valence-corrected chi connectivity index (χ0v) is 9.20. The Labute approximate surface area is 94.5 Å². The van der Waals surface area contributed by atoms with Gasteiger partial charge in [0.2, 0.25) is 5.91 Å². The molecule has 1 aliphatic heterocycles. The van der Waals surface area contributed by atoms with Crippen LogP contribution in [0.5, 0.6) is 0 Å². The van der Waals surface area contributed by atoms with E-state index in [1.165, 1.54) is 5.94 Å². The smallest absolute Gasteiger partial charge is 0.255 e. The Bertz CT molecular complexity index is 308. The maximum absolute atomic E-state index is 11.6. The fraction of sp³-hybridized carbons (Fsp3) is 0.636. The molecule has 0 bridgehead atoms. The summed E-state index contributed by atoms with van der Waals surface area (Å²) in [6.45, 7) is 1.65. The maximum atomic E-state index is 11.6. The first-order valence-electron chi connectivity index (χ1n) is 5.50. The van der Waals surface area contributed by atoms with Crippen LogP contribution in [0.25, 0.3) is 0 Å². The average molecular weight is 224 g/mol. The molecule has 0 saturated carbocycles. The summed E-state index contributed by atoms with van der Waals surface area (Å²) >= 11 is 0. The summed E-state index contributed by atoms with van der Waals surface area (Å²) in [7, 11) is 0. The topological polar surface area (TPSA) is 66.5 Å². The molecule has 0 aromatic rings. The molecule has 0 radical (unpaired) electrons. The lowest BCUT2D eigenvalue weighted by Crippen LogP contribution is -2.37. The van der Waals surface area contributed by atoms with E-state index < -0.39 is 5.91 Å². The highest BCUT2D eigenvalue weighted by Crippen LogP contribution is 2.10. The van der Waals surface area contributed by atoms with Crippen molar-refractivity contribution < 1.29 is 14.4 Å². The lowest BCUT2D eigenvalue weighted by atomic mass is 10.2. The molecule has 0 spiro atoms. The lowest BCUT2D eigenvalue weighted by Gasteiger charge is -2.20. The lowest BCUT2D eigenvalue weighted by molar-refractivity contribution is -0.131. The molecule has 0 aliphatic carbocycles. The number of carbonyl (C=O) groups excluding carboxylic acids is 3. The van der Waals surface area contributed by atoms with E-state index in [2.05, 4.69) is 5.32 Å². The van der Waals surface area contributed by atoms with Gasteiger partial charge in [-0.15, -0.1) is 0 Å². The molecule has 16 heavy (non-hydrogen) atoms. The molecule has 1 rings (SSSR count). The summed E-state index contributed by atoms with van der Waals surface area (Å²) in [6, 6.07) is 0. The SMILES string of the molecule is O=C=CC(=O)NCCN1CCCCCC1=O. The van der Waals surface area contributed by atoms with Crippen LogP contribution in [-0.2, 0) is 14.4 Å². The van der Waals surface area contributed by atoms with Crippen molar-refractivity contribution in [3.05, 3.63) is 6.08 Å². The molecule has 5 nitrogen and oxygen atoms in total. The average Bonchev–Trinajstić information content (AvgIpc) is 2.45. The molecule has 1 heterocycles. The van der Waals surface area contributed by atoms with Crippen molar-refractivity contribution in [1.82, 2.24) is 10.2 Å². The summed E-state index contributed by atoms with van der Waals surface area (Å²) in [5, 5.41) is 2.52. The Balaban J connectivity index is 2.27. The zero-order valence-electron chi connectivity index (χ0n) is 9.20. The third-order valence-corrected chi connectivity index (χ3v) is 2.54. The van der Waals surface area contributed by atoms with E-state index in [0.717, 1.165) is 31.9 Å². The van der Waals surface area contributed by atoms with Crippen LogP contribution in [0, 0.1) is 0 Å². The van der Waals surface area contributed by atoms with Crippen molar-refractivity contribution >= 4 is 17.8 Å². The minimum absolute atomic E-state index is 0.151. The standard InChI is InChI=1S/C11H16N2O3/c14-9-5-10(15)12-6-8-13-7-3-1-2-4-11(13)16/h5H,1-4,6-8H2,(H,12,15). The van der Waals surface area contributed by atoms with Crippen LogP contribution in [0.3, 0.4) is 0 Å². The van der Waals surface area contributed by atoms with Crippen LogP contribution in [0.1, 0.15) is 25.7 Å². The van der Waals surface area contributed by atoms with Crippen molar-refractivity contribution in [2.45, 2.75) is 25.7 Å². The number of hydrogen-bond acceptors (Lipinski definition) is 3. The van der Waals surface area contributed by atoms with Crippen LogP contribution < -0.4 is 5.32 Å². The second kappa shape index (κ2) is 6.80. The van der Waals surface area contributed by atoms with Crippen molar-refractivity contribution in [1.29, 1.82) is 0 Å². The molecule has 0 aromatic carbocycles. The Morgan fingerprint density at radius 2 is 2.25 bits per heavy atom. The molecular weight excluding hydrogens is 208 g/mol. The van der Waals surface area contributed by atoms with Crippen LogP contribution >= 0.6 is 0 Å². The molecule has 5 heteroatoms. The minimum Gasteiger partial charge on any atom is -0.350 e. The Kier molecular flexibility index (Phi) is 5.29. The van der Waals surface area contributed by atoms with Gasteiger partial charge in [-0.3, -0.25) is 9.59 Å². The molecule has 2 amide bonds. The molecule has 1 N–H and O–H groups in total. The molecular formula is C11H16N2O3. The summed E-state index contributed by atoms with van der Waals surface area (Å²) in [5.41, 5.74) is 0. The van der Waals surface area contributed by atoms with Crippen LogP contribution in [0.2, 0.25) is 0 Å². The van der Waals surface area contributed by atoms with Gasteiger partial charge in [-0.25, -0.2) is 4.79 Å². The van der Waals surface area contributed by atoms with Gasteiger partial charge < -0.3 is 10.2 Å². The second-order valence-corrected chi connectivity index (χ2v) is 3.74. The fourth-order valence-electron chi connectivity index (χ4n) is 1.69. The van der Waals surface area contributed by atoms with E-state index in [1.807, 2.05) is 0 Å². The van der Waals surface area contributed by atoms with Gasteiger partial charge in [0.05, 0.1) is 6.08 Å². The Morgan fingerprint density at radius 1 is 1.44 bits per heavy atom. The van der Waals surface area contributed by atoms with Crippen molar-refractivity contribution in [3.8, 4) is 0 Å². The van der Waals surface area contributed by atoms with Gasteiger partial charge in [0.15, 0.2) is 0 Å². The third-order valence-electron chi connectivity index (χ3n) is 2.54. The van der Waals surface area contributed by atoms with Gasteiger partial charge in [-0.2, -0.15) is 0 Å². The van der Waals surface area contributed by atoms with Crippen LogP contribution in [0.15, 0.2) is 6.08 Å². The van der Waals surface area contributed by atoms with Crippen molar-refractivity contribution in [2.24, 2.45) is 0 Å². The van der Waals surface area contributed by atoms with E-state index in [1.54, 1.807) is 4.90 Å². The highest BCUT2D eigenvalue weighted by Gasteiger charge is 2.15. The fourth-order valence-corrected chi connectivity index (χ4v) is 1.69. The van der Waals surface area contributed by atoms with Crippen molar-refractivity contribution in [2.75, 3.05) is 19.6 Å². The number of carbonyl (C=O) groups is 2. The molecule has 1 aliphatic rings. The summed E-state index contributed by atoms with van der Waals surface area (Å²) < 4.78 is 0. The number of likely N-dealkylation sites (tertiary alicyclic amines) is 1. The van der Waals surface area contributed by atoms with E-state index in [9.17, 15) is 14.4 Å². The monoisotopic (exact) mass is 224 g/mol. The number of amides is 2. The third kappa shape index (κ3) is 4.28. The maximum Gasteiger partial charge on any atom is 0.255 e. The number of nitrogens with one attached hydrogen (secondary N) is 1. The Hall–Kier alpha value is -1.61. The molecule has 1 saturated heterocycles. The van der Waals surface area contributed by atoms with Crippen LogP contribution in [-0.4, -0.2) is 42.3 Å². The van der Waals surface area contributed by atoms with Gasteiger partial charge in [0, 0.05) is 26.1 Å². The largest absolute Gasteiger partial charge is 0.350 e. The quantitative estimate of drug-likeness (QED) is 0.535. The molecule has 0 unspecified atom stereocenters. The van der Waals surface area contributed by atoms with Crippen molar-refractivity contribution in [3.63, 3.8) is 0 Å². The van der Waals surface area contributed by atoms with Gasteiger partial charge in [-0.05, 0) is 12.8 Å². The van der Waals surface area contributed by atoms with E-state index in [-0.39, 0.29) is 5.91 Å². The molecule has 0 aromatic heterocycles. The number of nitrogens with zero attached hydrogens (tertiary/aromatic N) is 1. The van der Waals surface area contributed by atoms with E-state index >= 15 is 0 Å². The van der Waals surface area contributed by atoms with E-state index in [0.29, 0.717) is 19.5 Å². The molecule has 1 fully saturated rings. The normalized spacial score (nSPS) is 16.2. The molecule has 0 atom stereocenters. The highest BCUT2D eigenvalue weighted by molar-refractivity contribution is 5.94. The van der Waals surface area contributed by atoms with Gasteiger partial charge in [0.1, 0.15) is 5.94 Å². The second-order valence-electron chi connectivity index (χ2n) is 3.74. The minimum atomic E-state index is -0.461. The van der Waals surface area contributed by atoms with E-state index in [4.69, 9.17) is 0 Å².